The third-order valence-corrected chi connectivity index (χ3v) is 10.6. The second-order valence-electron chi connectivity index (χ2n) is 15.7. The van der Waals surface area contributed by atoms with Crippen molar-refractivity contribution in [1.82, 2.24) is 5.32 Å². The molecule has 0 aliphatic heterocycles. The highest BCUT2D eigenvalue weighted by atomic mass is 31.2. The number of amides is 1. The van der Waals surface area contributed by atoms with Crippen LogP contribution in [-0.2, 0) is 18.4 Å². The van der Waals surface area contributed by atoms with E-state index >= 15 is 0 Å². The number of phosphoric acid groups is 1. The standard InChI is InChI=1S/C40H83N2O6P/c1-6-8-10-12-14-16-18-19-20-21-22-23-24-26-28-30-32-34-40(44)41-38(37-48-49(45,46)47-36-35-42(3,4)5)39(43)33-31-29-27-25-17-15-13-11-9-7-2/h38-39,43H,6-37H2,1-5H3,(H-,41,44,45,46). The summed E-state index contributed by atoms with van der Waals surface area (Å²) in [4.78, 5) is 25.2. The number of nitrogens with one attached hydrogen (secondary N) is 1. The van der Waals surface area contributed by atoms with E-state index in [4.69, 9.17) is 9.05 Å². The first-order valence-corrected chi connectivity index (χ1v) is 22.3. The summed E-state index contributed by atoms with van der Waals surface area (Å²) < 4.78 is 23.2. The number of unbranched alkanes of at least 4 members (excludes halogenated alkanes) is 25. The van der Waals surface area contributed by atoms with Crippen molar-refractivity contribution in [2.45, 2.75) is 212 Å². The van der Waals surface area contributed by atoms with Crippen LogP contribution in [0.2, 0.25) is 0 Å². The Morgan fingerprint density at radius 3 is 1.39 bits per heavy atom. The number of rotatable bonds is 38. The molecule has 0 aliphatic rings. The number of hydrogen-bond acceptors (Lipinski definition) is 6. The lowest BCUT2D eigenvalue weighted by Gasteiger charge is -2.30. The average Bonchev–Trinajstić information content (AvgIpc) is 3.04. The normalized spacial score (nSPS) is 14.5. The van der Waals surface area contributed by atoms with Crippen molar-refractivity contribution in [3.63, 3.8) is 0 Å². The van der Waals surface area contributed by atoms with Crippen LogP contribution in [-0.4, -0.2) is 68.5 Å². The number of carbonyl (C=O) groups excluding carboxylic acids is 1. The number of hydrogen-bond donors (Lipinski definition) is 2. The lowest BCUT2D eigenvalue weighted by molar-refractivity contribution is -0.870. The molecule has 0 heterocycles. The van der Waals surface area contributed by atoms with Crippen LogP contribution in [0.5, 0.6) is 0 Å². The van der Waals surface area contributed by atoms with Crippen LogP contribution in [0.25, 0.3) is 0 Å². The van der Waals surface area contributed by atoms with Crippen molar-refractivity contribution < 1.29 is 32.9 Å². The molecule has 0 aromatic rings. The number of aliphatic hydroxyl groups is 1. The Bertz CT molecular complexity index is 778. The first-order chi connectivity index (χ1) is 23.5. The van der Waals surface area contributed by atoms with E-state index in [-0.39, 0.29) is 19.1 Å². The minimum absolute atomic E-state index is 0.0156. The van der Waals surface area contributed by atoms with Gasteiger partial charge in [0.1, 0.15) is 13.2 Å². The summed E-state index contributed by atoms with van der Waals surface area (Å²) in [5.41, 5.74) is 0. The first-order valence-electron chi connectivity index (χ1n) is 20.9. The van der Waals surface area contributed by atoms with E-state index in [2.05, 4.69) is 19.2 Å². The maximum atomic E-state index is 12.8. The number of quaternary nitrogens is 1. The Balaban J connectivity index is 4.31. The maximum absolute atomic E-state index is 12.8. The molecule has 0 aromatic carbocycles. The van der Waals surface area contributed by atoms with Gasteiger partial charge in [0.05, 0.1) is 39.9 Å². The summed E-state index contributed by atoms with van der Waals surface area (Å²) in [5, 5.41) is 13.8. The van der Waals surface area contributed by atoms with Gasteiger partial charge in [-0.1, -0.05) is 181 Å². The van der Waals surface area contributed by atoms with E-state index in [1.54, 1.807) is 0 Å². The summed E-state index contributed by atoms with van der Waals surface area (Å²) in [5.74, 6) is -0.164. The zero-order chi connectivity index (χ0) is 36.5. The van der Waals surface area contributed by atoms with E-state index in [1.165, 1.54) is 135 Å². The Morgan fingerprint density at radius 2 is 1.00 bits per heavy atom. The van der Waals surface area contributed by atoms with Gasteiger partial charge in [-0.2, -0.15) is 0 Å². The molecule has 0 saturated carbocycles. The molecule has 0 aromatic heterocycles. The SMILES string of the molecule is CCCCCCCCCCCCCCCCCCCC(=O)NC(COP(=O)([O-])OCC[N+](C)(C)C)C(O)CCCCCCCCCCCC. The Hall–Kier alpha value is -0.500. The van der Waals surface area contributed by atoms with Crippen LogP contribution in [0.3, 0.4) is 0 Å². The van der Waals surface area contributed by atoms with Gasteiger partial charge in [-0.05, 0) is 12.8 Å². The van der Waals surface area contributed by atoms with Gasteiger partial charge in [0, 0.05) is 6.42 Å². The quantitative estimate of drug-likeness (QED) is 0.0374. The molecule has 9 heteroatoms. The molecule has 0 bridgehead atoms. The molecule has 1 amide bonds. The van der Waals surface area contributed by atoms with Crippen LogP contribution in [0, 0.1) is 0 Å². The summed E-state index contributed by atoms with van der Waals surface area (Å²) >= 11 is 0. The van der Waals surface area contributed by atoms with Crippen molar-refractivity contribution in [3.05, 3.63) is 0 Å². The number of nitrogens with zero attached hydrogens (tertiary/aromatic N) is 1. The zero-order valence-corrected chi connectivity index (χ0v) is 34.1. The fraction of sp³-hybridized carbons (Fsp3) is 0.975. The third kappa shape index (κ3) is 35.7. The molecule has 0 rings (SSSR count). The molecule has 0 saturated heterocycles. The second kappa shape index (κ2) is 33.3. The zero-order valence-electron chi connectivity index (χ0n) is 33.2. The summed E-state index contributed by atoms with van der Waals surface area (Å²) in [6, 6.07) is -0.791. The van der Waals surface area contributed by atoms with Crippen LogP contribution in [0.4, 0.5) is 0 Å². The largest absolute Gasteiger partial charge is 0.756 e. The monoisotopic (exact) mass is 719 g/mol. The molecular weight excluding hydrogens is 635 g/mol. The van der Waals surface area contributed by atoms with Crippen LogP contribution in [0.15, 0.2) is 0 Å². The molecule has 2 N–H and O–H groups in total. The highest BCUT2D eigenvalue weighted by molar-refractivity contribution is 7.45. The van der Waals surface area contributed by atoms with Gasteiger partial charge in [0.2, 0.25) is 5.91 Å². The molecule has 3 atom stereocenters. The van der Waals surface area contributed by atoms with Gasteiger partial charge in [-0.25, -0.2) is 0 Å². The van der Waals surface area contributed by atoms with E-state index in [0.717, 1.165) is 38.5 Å². The van der Waals surface area contributed by atoms with Gasteiger partial charge >= 0.3 is 0 Å². The Morgan fingerprint density at radius 1 is 0.633 bits per heavy atom. The van der Waals surface area contributed by atoms with Gasteiger partial charge in [0.25, 0.3) is 7.82 Å². The van der Waals surface area contributed by atoms with Crippen molar-refractivity contribution in [3.8, 4) is 0 Å². The fourth-order valence-corrected chi connectivity index (χ4v) is 6.94. The molecule has 294 valence electrons. The number of phosphoric ester groups is 1. The van der Waals surface area contributed by atoms with Gasteiger partial charge in [0.15, 0.2) is 0 Å². The van der Waals surface area contributed by atoms with Crippen LogP contribution < -0.4 is 10.2 Å². The van der Waals surface area contributed by atoms with Crippen molar-refractivity contribution in [1.29, 1.82) is 0 Å². The third-order valence-electron chi connectivity index (χ3n) is 9.60. The molecule has 3 unspecified atom stereocenters. The molecule has 8 nitrogen and oxygen atoms in total. The number of likely N-dealkylation sites (N-methyl/N-ethyl adjacent to an activating group) is 1. The molecule has 0 spiro atoms. The molecular formula is C40H83N2O6P. The first kappa shape index (κ1) is 48.5. The van der Waals surface area contributed by atoms with Crippen LogP contribution >= 0.6 is 7.82 Å². The summed E-state index contributed by atoms with van der Waals surface area (Å²) in [6.07, 6.45) is 33.9. The lowest BCUT2D eigenvalue weighted by atomic mass is 10.0. The maximum Gasteiger partial charge on any atom is 0.268 e. The second-order valence-corrected chi connectivity index (χ2v) is 17.1. The van der Waals surface area contributed by atoms with Gasteiger partial charge < -0.3 is 28.8 Å². The van der Waals surface area contributed by atoms with Crippen LogP contribution in [0.1, 0.15) is 200 Å². The minimum Gasteiger partial charge on any atom is -0.756 e. The Kier molecular flexibility index (Phi) is 33.0. The summed E-state index contributed by atoms with van der Waals surface area (Å²) in [6.45, 7) is 4.71. The highest BCUT2D eigenvalue weighted by Crippen LogP contribution is 2.38. The van der Waals surface area contributed by atoms with Gasteiger partial charge in [-0.3, -0.25) is 9.36 Å². The van der Waals surface area contributed by atoms with E-state index in [1.807, 2.05) is 21.1 Å². The average molecular weight is 719 g/mol. The Labute approximate surface area is 304 Å². The summed E-state index contributed by atoms with van der Waals surface area (Å²) in [7, 11) is 1.31. The topological polar surface area (TPSA) is 108 Å². The smallest absolute Gasteiger partial charge is 0.268 e. The predicted molar refractivity (Wildman–Crippen MR) is 206 cm³/mol. The van der Waals surface area contributed by atoms with E-state index in [0.29, 0.717) is 23.9 Å². The van der Waals surface area contributed by atoms with Crippen molar-refractivity contribution in [2.75, 3.05) is 40.9 Å². The molecule has 0 radical (unpaired) electrons. The lowest BCUT2D eigenvalue weighted by Crippen LogP contribution is -2.46. The minimum atomic E-state index is -4.55. The van der Waals surface area contributed by atoms with Crippen molar-refractivity contribution >= 4 is 13.7 Å². The predicted octanol–water partition coefficient (Wildman–Crippen LogP) is 10.4. The number of aliphatic hydroxyl groups excluding tert-OH is 1. The molecule has 0 aliphatic carbocycles. The van der Waals surface area contributed by atoms with Gasteiger partial charge in [-0.15, -0.1) is 0 Å². The highest BCUT2D eigenvalue weighted by Gasteiger charge is 2.24. The molecule has 49 heavy (non-hydrogen) atoms. The van der Waals surface area contributed by atoms with E-state index < -0.39 is 20.0 Å². The van der Waals surface area contributed by atoms with E-state index in [9.17, 15) is 19.4 Å². The number of carbonyl (C=O) groups is 1. The molecule has 0 fully saturated rings. The van der Waals surface area contributed by atoms with Crippen molar-refractivity contribution in [2.24, 2.45) is 0 Å². The fourth-order valence-electron chi connectivity index (χ4n) is 6.22.